The Morgan fingerprint density at radius 1 is 1.00 bits per heavy atom. The molecule has 2 aromatic heterocycles. The zero-order valence-corrected chi connectivity index (χ0v) is 16.0. The van der Waals surface area contributed by atoms with Gasteiger partial charge in [-0.3, -0.25) is 9.59 Å². The molecule has 0 bridgehead atoms. The third-order valence-electron chi connectivity index (χ3n) is 4.92. The van der Waals surface area contributed by atoms with Crippen LogP contribution in [0.3, 0.4) is 0 Å². The van der Waals surface area contributed by atoms with E-state index < -0.39 is 23.4 Å². The Morgan fingerprint density at radius 3 is 2.34 bits per heavy atom. The molecular weight excluding hydrogens is 378 g/mol. The number of nitrogens with zero attached hydrogens (tertiary/aromatic N) is 1. The topological polar surface area (TPSA) is 107 Å². The minimum Gasteiger partial charge on any atom is -0.460 e. The van der Waals surface area contributed by atoms with Gasteiger partial charge < -0.3 is 13.7 Å². The predicted molar refractivity (Wildman–Crippen MR) is 103 cm³/mol. The average Bonchev–Trinajstić information content (AvgIpc) is 3.15. The first kappa shape index (κ1) is 18.7. The van der Waals surface area contributed by atoms with Crippen molar-refractivity contribution >= 4 is 45.8 Å². The fourth-order valence-corrected chi connectivity index (χ4v) is 3.46. The lowest BCUT2D eigenvalue weighted by atomic mass is 10.0. The Bertz CT molecular complexity index is 1280. The molecule has 8 nitrogen and oxygen atoms in total. The molecular formula is C21H17NO7. The number of carbonyl (C=O) groups excluding carboxylic acids is 3. The minimum atomic E-state index is -0.845. The second kappa shape index (κ2) is 6.73. The number of hydrogen-bond acceptors (Lipinski definition) is 7. The van der Waals surface area contributed by atoms with Gasteiger partial charge in [0.25, 0.3) is 11.8 Å². The maximum Gasteiger partial charge on any atom is 0.356 e. The molecule has 0 N–H and O–H groups in total. The van der Waals surface area contributed by atoms with E-state index in [0.29, 0.717) is 33.1 Å². The van der Waals surface area contributed by atoms with Crippen LogP contribution in [0.1, 0.15) is 35.3 Å². The molecule has 2 amide bonds. The first-order chi connectivity index (χ1) is 13.8. The Kier molecular flexibility index (Phi) is 4.34. The van der Waals surface area contributed by atoms with E-state index >= 15 is 0 Å². The van der Waals surface area contributed by atoms with Crippen LogP contribution in [0.4, 0.5) is 0 Å². The fourth-order valence-electron chi connectivity index (χ4n) is 3.46. The normalized spacial score (nSPS) is 14.7. The summed E-state index contributed by atoms with van der Waals surface area (Å²) in [5, 5.41) is 2.00. The van der Waals surface area contributed by atoms with E-state index in [1.165, 1.54) is 12.1 Å². The molecule has 1 aliphatic rings. The van der Waals surface area contributed by atoms with Crippen molar-refractivity contribution in [1.29, 1.82) is 0 Å². The van der Waals surface area contributed by atoms with E-state index in [0.717, 1.165) is 22.4 Å². The molecule has 0 atom stereocenters. The van der Waals surface area contributed by atoms with Gasteiger partial charge in [-0.1, -0.05) is 0 Å². The Labute approximate surface area is 164 Å². The first-order valence-electron chi connectivity index (χ1n) is 8.99. The second-order valence-electron chi connectivity index (χ2n) is 6.90. The van der Waals surface area contributed by atoms with Crippen molar-refractivity contribution in [2.45, 2.75) is 33.6 Å². The summed E-state index contributed by atoms with van der Waals surface area (Å²) in [6.07, 6.45) is 2.70. The van der Waals surface area contributed by atoms with Crippen molar-refractivity contribution in [3.8, 4) is 0 Å². The molecule has 29 heavy (non-hydrogen) atoms. The summed E-state index contributed by atoms with van der Waals surface area (Å²) in [5.74, 6) is -1.38. The number of carbonyl (C=O) groups is 3. The van der Waals surface area contributed by atoms with Crippen LogP contribution in [0.25, 0.3) is 28.0 Å². The molecule has 3 heterocycles. The highest BCUT2D eigenvalue weighted by atomic mass is 16.7. The molecule has 8 heteroatoms. The summed E-state index contributed by atoms with van der Waals surface area (Å²) in [6, 6.07) is 3.25. The number of amides is 2. The zero-order valence-electron chi connectivity index (χ0n) is 16.0. The van der Waals surface area contributed by atoms with Gasteiger partial charge in [-0.2, -0.15) is 0 Å². The van der Waals surface area contributed by atoms with Crippen molar-refractivity contribution in [3.05, 3.63) is 51.1 Å². The van der Waals surface area contributed by atoms with E-state index in [1.807, 2.05) is 13.0 Å². The number of benzene rings is 1. The molecule has 0 spiro atoms. The standard InChI is InChI=1S/C21H17NO7/c1-10-8-19(26)28-20-11(2)21-15(9-14(10)20)13(12(3)27-21)4-7-18(25)29-22-16(23)5-6-17(22)24/h4,7-9H,5-6H2,1-3H3/b7-4+. The summed E-state index contributed by atoms with van der Waals surface area (Å²) in [5.41, 5.74) is 2.65. The number of hydrogen-bond donors (Lipinski definition) is 0. The number of furan rings is 1. The molecule has 3 aromatic rings. The summed E-state index contributed by atoms with van der Waals surface area (Å²) in [7, 11) is 0. The molecule has 1 fully saturated rings. The third kappa shape index (κ3) is 3.12. The van der Waals surface area contributed by atoms with Crippen molar-refractivity contribution < 1.29 is 28.1 Å². The Morgan fingerprint density at radius 2 is 1.66 bits per heavy atom. The van der Waals surface area contributed by atoms with Gasteiger partial charge in [0.15, 0.2) is 0 Å². The van der Waals surface area contributed by atoms with Crippen molar-refractivity contribution in [2.24, 2.45) is 0 Å². The first-order valence-corrected chi connectivity index (χ1v) is 8.99. The van der Waals surface area contributed by atoms with Gasteiger partial charge in [-0.15, -0.1) is 5.06 Å². The summed E-state index contributed by atoms with van der Waals surface area (Å²) in [6.45, 7) is 5.35. The molecule has 0 radical (unpaired) electrons. The molecule has 1 aromatic carbocycles. The third-order valence-corrected chi connectivity index (χ3v) is 4.92. The molecule has 4 rings (SSSR count). The van der Waals surface area contributed by atoms with E-state index in [1.54, 1.807) is 13.8 Å². The minimum absolute atomic E-state index is 0.0309. The molecule has 0 aliphatic carbocycles. The number of aryl methyl sites for hydroxylation is 3. The molecule has 0 saturated carbocycles. The van der Waals surface area contributed by atoms with Crippen molar-refractivity contribution in [2.75, 3.05) is 0 Å². The van der Waals surface area contributed by atoms with Crippen LogP contribution in [0.15, 0.2) is 31.8 Å². The predicted octanol–water partition coefficient (Wildman–Crippen LogP) is 3.08. The van der Waals surface area contributed by atoms with Crippen molar-refractivity contribution in [1.82, 2.24) is 5.06 Å². The summed E-state index contributed by atoms with van der Waals surface area (Å²) in [4.78, 5) is 51.7. The average molecular weight is 395 g/mol. The highest BCUT2D eigenvalue weighted by molar-refractivity contribution is 6.04. The molecule has 0 unspecified atom stereocenters. The van der Waals surface area contributed by atoms with Gasteiger partial charge in [0.05, 0.1) is 0 Å². The Balaban J connectivity index is 1.74. The SMILES string of the molecule is Cc1oc2c(C)c3oc(=O)cc(C)c3cc2c1/C=C/C(=O)ON1C(=O)CCC1=O. The van der Waals surface area contributed by atoms with Crippen LogP contribution < -0.4 is 5.63 Å². The van der Waals surface area contributed by atoms with Gasteiger partial charge in [-0.25, -0.2) is 9.59 Å². The van der Waals surface area contributed by atoms with Gasteiger partial charge in [-0.05, 0) is 38.5 Å². The fraction of sp³-hybridized carbons (Fsp3) is 0.238. The number of rotatable bonds is 3. The van der Waals surface area contributed by atoms with Crippen LogP contribution in [-0.4, -0.2) is 22.8 Å². The number of fused-ring (bicyclic) bond motifs is 2. The van der Waals surface area contributed by atoms with E-state index in [2.05, 4.69) is 0 Å². The summed E-state index contributed by atoms with van der Waals surface area (Å²) >= 11 is 0. The van der Waals surface area contributed by atoms with E-state index in [-0.39, 0.29) is 12.8 Å². The molecule has 148 valence electrons. The monoisotopic (exact) mass is 395 g/mol. The van der Waals surface area contributed by atoms with Crippen LogP contribution in [0.2, 0.25) is 0 Å². The highest BCUT2D eigenvalue weighted by Gasteiger charge is 2.32. The molecule has 1 saturated heterocycles. The lowest BCUT2D eigenvalue weighted by molar-refractivity contribution is -0.193. The largest absolute Gasteiger partial charge is 0.460 e. The summed E-state index contributed by atoms with van der Waals surface area (Å²) < 4.78 is 11.2. The number of hydroxylamine groups is 2. The second-order valence-corrected chi connectivity index (χ2v) is 6.90. The highest BCUT2D eigenvalue weighted by Crippen LogP contribution is 2.34. The van der Waals surface area contributed by atoms with Gasteiger partial charge >= 0.3 is 11.6 Å². The smallest absolute Gasteiger partial charge is 0.356 e. The van der Waals surface area contributed by atoms with Gasteiger partial charge in [0.1, 0.15) is 16.9 Å². The van der Waals surface area contributed by atoms with E-state index in [4.69, 9.17) is 13.7 Å². The van der Waals surface area contributed by atoms with Crippen LogP contribution >= 0.6 is 0 Å². The Hall–Kier alpha value is -3.68. The van der Waals surface area contributed by atoms with Crippen LogP contribution in [0.5, 0.6) is 0 Å². The number of imide groups is 1. The zero-order chi connectivity index (χ0) is 20.9. The van der Waals surface area contributed by atoms with Crippen molar-refractivity contribution in [3.63, 3.8) is 0 Å². The van der Waals surface area contributed by atoms with Gasteiger partial charge in [0, 0.05) is 46.9 Å². The quantitative estimate of drug-likeness (QED) is 0.381. The van der Waals surface area contributed by atoms with E-state index in [9.17, 15) is 19.2 Å². The van der Waals surface area contributed by atoms with Gasteiger partial charge in [0.2, 0.25) is 0 Å². The lowest BCUT2D eigenvalue weighted by Gasteiger charge is -2.10. The van der Waals surface area contributed by atoms with Crippen LogP contribution in [0, 0.1) is 20.8 Å². The molecule has 1 aliphatic heterocycles. The maximum absolute atomic E-state index is 12.1. The lowest BCUT2D eigenvalue weighted by Crippen LogP contribution is -2.31. The maximum atomic E-state index is 12.1. The van der Waals surface area contributed by atoms with Crippen LogP contribution in [-0.2, 0) is 19.2 Å².